The van der Waals surface area contributed by atoms with Gasteiger partial charge in [-0.15, -0.1) is 0 Å². The molecule has 0 aliphatic carbocycles. The van der Waals surface area contributed by atoms with E-state index in [2.05, 4.69) is 4.98 Å². The molecule has 0 atom stereocenters. The van der Waals surface area contributed by atoms with Gasteiger partial charge >= 0.3 is 156 Å². The van der Waals surface area contributed by atoms with Crippen LogP contribution in [0, 0.1) is 0 Å². The number of aromatic nitrogens is 1. The Labute approximate surface area is 155 Å². The van der Waals surface area contributed by atoms with Gasteiger partial charge in [0, 0.05) is 0 Å². The number of benzene rings is 1. The van der Waals surface area contributed by atoms with Gasteiger partial charge in [-0.1, -0.05) is 0 Å². The maximum atomic E-state index is 11.5. The number of carboxylic acids is 1. The van der Waals surface area contributed by atoms with Crippen LogP contribution in [-0.2, 0) is 7.57 Å². The zero-order valence-corrected chi connectivity index (χ0v) is 16.5. The van der Waals surface area contributed by atoms with Gasteiger partial charge in [-0.05, 0) is 0 Å². The molecular formula is C15H11Cl2NO4Po. The van der Waals surface area contributed by atoms with Crippen molar-refractivity contribution in [3.8, 4) is 11.6 Å². The summed E-state index contributed by atoms with van der Waals surface area (Å²) in [5.74, 6) is -0.531. The van der Waals surface area contributed by atoms with Crippen LogP contribution in [0.1, 0.15) is 5.56 Å². The zero-order chi connectivity index (χ0) is 16.8. The summed E-state index contributed by atoms with van der Waals surface area (Å²) >= 11 is 10.5. The minimum absolute atomic E-state index is 0.105. The zero-order valence-electron chi connectivity index (χ0n) is 11.8. The van der Waals surface area contributed by atoms with Crippen molar-refractivity contribution in [3.63, 3.8) is 0 Å². The second kappa shape index (κ2) is 8.61. The molecule has 0 bridgehead atoms. The Balaban J connectivity index is 2.42. The number of pyridine rings is 1. The molecule has 0 fully saturated rings. The van der Waals surface area contributed by atoms with Crippen molar-refractivity contribution in [1.29, 1.82) is 0 Å². The van der Waals surface area contributed by atoms with Gasteiger partial charge in [-0.25, -0.2) is 0 Å². The van der Waals surface area contributed by atoms with Crippen LogP contribution in [0.3, 0.4) is 0 Å². The number of hydrogen-bond donors (Lipinski definition) is 1. The van der Waals surface area contributed by atoms with E-state index in [1.165, 1.54) is 6.20 Å². The first-order valence-electron chi connectivity index (χ1n) is 6.23. The third kappa shape index (κ3) is 5.15. The fourth-order valence-electron chi connectivity index (χ4n) is 1.70. The first kappa shape index (κ1) is 18.2. The van der Waals surface area contributed by atoms with Gasteiger partial charge in [0.1, 0.15) is 0 Å². The average molecular weight is 549 g/mol. The Hall–Kier alpha value is -1.18. The van der Waals surface area contributed by atoms with Crippen LogP contribution in [0.25, 0.3) is 5.57 Å². The van der Waals surface area contributed by atoms with E-state index in [9.17, 15) is 9.90 Å². The summed E-state index contributed by atoms with van der Waals surface area (Å²) < 4.78 is 12.3. The molecule has 120 valence electrons. The first-order chi connectivity index (χ1) is 11.0. The molecule has 0 saturated carbocycles. The fraction of sp³-hybridized carbons (Fsp3) is 0.0667. The van der Waals surface area contributed by atoms with Crippen molar-refractivity contribution in [3.05, 3.63) is 55.9 Å². The van der Waals surface area contributed by atoms with E-state index in [4.69, 9.17) is 30.7 Å². The monoisotopic (exact) mass is 548 g/mol. The van der Waals surface area contributed by atoms with Crippen molar-refractivity contribution in [2.24, 2.45) is 0 Å². The summed E-state index contributed by atoms with van der Waals surface area (Å²) in [5, 5.41) is 10.2. The van der Waals surface area contributed by atoms with Crippen molar-refractivity contribution in [2.75, 3.05) is 7.11 Å². The van der Waals surface area contributed by atoms with Crippen LogP contribution in [-0.4, -0.2) is 47.2 Å². The molecule has 2 rings (SSSR count). The summed E-state index contributed by atoms with van der Waals surface area (Å²) in [4.78, 5) is 15.6. The van der Waals surface area contributed by atoms with Gasteiger partial charge in [0.05, 0.1) is 0 Å². The van der Waals surface area contributed by atoms with Crippen LogP contribution < -0.4 is 4.74 Å². The summed E-state index contributed by atoms with van der Waals surface area (Å²) in [6, 6.07) is 7.98. The topological polar surface area (TPSA) is 68.7 Å². The molecule has 0 amide bonds. The molecule has 0 radical (unpaired) electrons. The summed E-state index contributed by atoms with van der Waals surface area (Å²) in [5.41, 5.74) is 0.473. The average Bonchev–Trinajstić information content (AvgIpc) is 2.48. The second-order valence-corrected chi connectivity index (χ2v) is 8.00. The molecule has 0 aliphatic rings. The first-order valence-corrected chi connectivity index (χ1v) is 10.1. The molecule has 23 heavy (non-hydrogen) atoms. The summed E-state index contributed by atoms with van der Waals surface area (Å²) in [7, 11) is 1.55. The Morgan fingerprint density at radius 2 is 2.00 bits per heavy atom. The Morgan fingerprint density at radius 1 is 1.30 bits per heavy atom. The number of carbonyl (C=O) groups is 1. The van der Waals surface area contributed by atoms with Crippen LogP contribution in [0.15, 0.2) is 40.3 Å². The van der Waals surface area contributed by atoms with E-state index in [1.807, 2.05) is 0 Å². The van der Waals surface area contributed by atoms with Crippen LogP contribution in [0.5, 0.6) is 11.6 Å². The standard InChI is InChI=1S/C14H8Cl2NO3.CH3O.Po/c1-8(14(18)19)12-3-2-4-17-13(12)20-11-6-9(15)5-10(16)7-11;1-2;/h1-7H,(H,18,19);1H3;/q;-1;+1. The molecule has 0 unspecified atom stereocenters. The number of nitrogens with zero attached hydrogens (tertiary/aromatic N) is 1. The predicted molar refractivity (Wildman–Crippen MR) is 89.1 cm³/mol. The molecule has 0 spiro atoms. The number of rotatable bonds is 6. The van der Waals surface area contributed by atoms with Crippen molar-refractivity contribution >= 4 is 58.8 Å². The van der Waals surface area contributed by atoms with Crippen LogP contribution >= 0.6 is 23.2 Å². The van der Waals surface area contributed by atoms with E-state index in [1.54, 1.807) is 41.2 Å². The van der Waals surface area contributed by atoms with E-state index >= 15 is 0 Å². The quantitative estimate of drug-likeness (QED) is 0.555. The van der Waals surface area contributed by atoms with Gasteiger partial charge in [0.2, 0.25) is 0 Å². The molecule has 0 aliphatic heterocycles. The van der Waals surface area contributed by atoms with Gasteiger partial charge < -0.3 is 0 Å². The fourth-order valence-corrected chi connectivity index (χ4v) is 3.84. The third-order valence-electron chi connectivity index (χ3n) is 2.60. The maximum absolute atomic E-state index is 11.5. The van der Waals surface area contributed by atoms with E-state index in [0.29, 0.717) is 21.4 Å². The Morgan fingerprint density at radius 3 is 2.61 bits per heavy atom. The normalized spacial score (nSPS) is 11.3. The molecule has 2 aromatic rings. The third-order valence-corrected chi connectivity index (χ3v) is 5.08. The molecule has 1 aromatic heterocycles. The Bertz CT molecular complexity index is 732. The summed E-state index contributed by atoms with van der Waals surface area (Å²) in [6.45, 7) is 0. The molecule has 1 N–H and O–H groups in total. The van der Waals surface area contributed by atoms with Crippen LogP contribution in [0.4, 0.5) is 0 Å². The molecule has 0 saturated heterocycles. The van der Waals surface area contributed by atoms with E-state index in [0.717, 1.165) is 0 Å². The van der Waals surface area contributed by atoms with E-state index in [-0.39, 0.29) is 11.5 Å². The molecule has 1 heterocycles. The predicted octanol–water partition coefficient (Wildman–Crippen LogP) is 3.87. The van der Waals surface area contributed by atoms with Crippen LogP contribution in [0.2, 0.25) is 10.0 Å². The van der Waals surface area contributed by atoms with Gasteiger partial charge in [0.25, 0.3) is 0 Å². The molecule has 5 nitrogen and oxygen atoms in total. The van der Waals surface area contributed by atoms with Crippen molar-refractivity contribution < 1.29 is 17.4 Å². The number of aliphatic carboxylic acids is 1. The number of carboxylic acid groups (broad SMARTS) is 1. The van der Waals surface area contributed by atoms with Crippen molar-refractivity contribution in [2.45, 2.75) is 0 Å². The van der Waals surface area contributed by atoms with Crippen molar-refractivity contribution in [1.82, 2.24) is 4.98 Å². The Kier molecular flexibility index (Phi) is 6.80. The second-order valence-electron chi connectivity index (χ2n) is 4.16. The van der Waals surface area contributed by atoms with E-state index < -0.39 is 30.0 Å². The molecule has 8 heteroatoms. The SMILES string of the molecule is C[O][Po]/[CH]=C(/C(=O)O)c1cccnc1Oc1cc(Cl)cc(Cl)c1. The molecule has 1 aromatic carbocycles. The van der Waals surface area contributed by atoms with Gasteiger partial charge in [0.15, 0.2) is 0 Å². The number of ether oxygens (including phenoxy) is 1. The number of halogens is 2. The molecular weight excluding hydrogens is 538 g/mol. The number of hydrogen-bond acceptors (Lipinski definition) is 4. The summed E-state index contributed by atoms with van der Waals surface area (Å²) in [6.07, 6.45) is 1.51. The van der Waals surface area contributed by atoms with Gasteiger partial charge in [-0.2, -0.15) is 0 Å². The minimum atomic E-state index is -1.33. The van der Waals surface area contributed by atoms with Gasteiger partial charge in [-0.3, -0.25) is 0 Å².